The summed E-state index contributed by atoms with van der Waals surface area (Å²) in [4.78, 5) is 27.4. The van der Waals surface area contributed by atoms with Crippen molar-refractivity contribution < 1.29 is 22.9 Å². The van der Waals surface area contributed by atoms with Crippen LogP contribution in [0.25, 0.3) is 0 Å². The van der Waals surface area contributed by atoms with E-state index >= 15 is 0 Å². The number of nitrogens with one attached hydrogen (secondary N) is 2. The van der Waals surface area contributed by atoms with E-state index in [2.05, 4.69) is 5.32 Å². The predicted octanol–water partition coefficient (Wildman–Crippen LogP) is -0.832. The second-order valence-corrected chi connectivity index (χ2v) is 9.74. The van der Waals surface area contributed by atoms with Gasteiger partial charge in [0, 0.05) is 13.3 Å². The average molecular weight is 395 g/mol. The minimum atomic E-state index is -2.87. The van der Waals surface area contributed by atoms with Crippen molar-refractivity contribution in [2.75, 3.05) is 37.7 Å². The molecule has 1 aromatic rings. The highest BCUT2D eigenvalue weighted by molar-refractivity contribution is 7.91. The summed E-state index contributed by atoms with van der Waals surface area (Å²) in [5.41, 5.74) is 0.918. The first-order valence-electron chi connectivity index (χ1n) is 9.49. The molecular formula is C19H28N3O4S+. The third-order valence-corrected chi connectivity index (χ3v) is 7.29. The lowest BCUT2D eigenvalue weighted by atomic mass is 10.0. The SMILES string of the molecule is CC(=O)N[C@@H](CC(=O)N1CC[NH+]([C@H]2CCS(=O)(=O)C2)CC1)c1ccccc1. The molecule has 0 aliphatic carbocycles. The highest BCUT2D eigenvalue weighted by Gasteiger charge is 2.37. The van der Waals surface area contributed by atoms with Gasteiger partial charge in [0.1, 0.15) is 11.8 Å². The fourth-order valence-corrected chi connectivity index (χ4v) is 5.88. The first-order chi connectivity index (χ1) is 12.8. The Morgan fingerprint density at radius 3 is 2.44 bits per heavy atom. The fraction of sp³-hybridized carbons (Fsp3) is 0.579. The number of piperazine rings is 1. The number of nitrogens with zero attached hydrogens (tertiary/aromatic N) is 1. The van der Waals surface area contributed by atoms with Crippen molar-refractivity contribution in [3.63, 3.8) is 0 Å². The zero-order valence-electron chi connectivity index (χ0n) is 15.7. The fourth-order valence-electron chi connectivity index (χ4n) is 4.06. The number of carbonyl (C=O) groups is 2. The number of rotatable bonds is 5. The molecule has 3 rings (SSSR count). The molecular weight excluding hydrogens is 366 g/mol. The standard InChI is InChI=1S/C19H27N3O4S/c1-15(23)20-18(16-5-3-2-4-6-16)13-19(24)22-10-8-21(9-11-22)17-7-12-27(25,26)14-17/h2-6,17-18H,7-14H2,1H3,(H,20,23)/p+1/t17-,18-/m0/s1. The van der Waals surface area contributed by atoms with Crippen LogP contribution in [0.1, 0.15) is 31.4 Å². The second kappa shape index (κ2) is 8.39. The van der Waals surface area contributed by atoms with Crippen molar-refractivity contribution in [3.8, 4) is 0 Å². The number of amides is 2. The Hall–Kier alpha value is -1.93. The molecule has 2 fully saturated rings. The maximum atomic E-state index is 12.8. The first kappa shape index (κ1) is 19.8. The Bertz CT molecular complexity index is 773. The summed E-state index contributed by atoms with van der Waals surface area (Å²) in [7, 11) is -2.87. The molecule has 148 valence electrons. The maximum Gasteiger partial charge on any atom is 0.225 e. The predicted molar refractivity (Wildman–Crippen MR) is 102 cm³/mol. The highest BCUT2D eigenvalue weighted by Crippen LogP contribution is 2.18. The van der Waals surface area contributed by atoms with Gasteiger partial charge in [-0.3, -0.25) is 9.59 Å². The molecule has 7 nitrogen and oxygen atoms in total. The monoisotopic (exact) mass is 394 g/mol. The van der Waals surface area contributed by atoms with Crippen molar-refractivity contribution in [1.29, 1.82) is 0 Å². The second-order valence-electron chi connectivity index (χ2n) is 7.51. The Morgan fingerprint density at radius 2 is 1.89 bits per heavy atom. The molecule has 1 aromatic carbocycles. The van der Waals surface area contributed by atoms with Crippen LogP contribution in [-0.2, 0) is 19.4 Å². The molecule has 0 aromatic heterocycles. The van der Waals surface area contributed by atoms with Gasteiger partial charge in [-0.05, 0) is 5.56 Å². The average Bonchev–Trinajstić information content (AvgIpc) is 3.01. The van der Waals surface area contributed by atoms with E-state index in [4.69, 9.17) is 0 Å². The highest BCUT2D eigenvalue weighted by atomic mass is 32.2. The van der Waals surface area contributed by atoms with Gasteiger partial charge >= 0.3 is 0 Å². The molecule has 0 saturated carbocycles. The van der Waals surface area contributed by atoms with Crippen molar-refractivity contribution in [3.05, 3.63) is 35.9 Å². The number of hydrogen-bond donors (Lipinski definition) is 2. The van der Waals surface area contributed by atoms with Crippen LogP contribution >= 0.6 is 0 Å². The molecule has 2 heterocycles. The van der Waals surface area contributed by atoms with Gasteiger partial charge in [0.2, 0.25) is 11.8 Å². The molecule has 2 aliphatic rings. The molecule has 0 radical (unpaired) electrons. The van der Waals surface area contributed by atoms with Crippen molar-refractivity contribution in [2.24, 2.45) is 0 Å². The van der Waals surface area contributed by atoms with E-state index in [0.29, 0.717) is 18.8 Å². The van der Waals surface area contributed by atoms with Crippen LogP contribution in [0.15, 0.2) is 30.3 Å². The number of hydrogen-bond acceptors (Lipinski definition) is 4. The summed E-state index contributed by atoms with van der Waals surface area (Å²) in [6, 6.07) is 9.36. The smallest absolute Gasteiger partial charge is 0.225 e. The van der Waals surface area contributed by atoms with Gasteiger partial charge in [-0.15, -0.1) is 0 Å². The van der Waals surface area contributed by atoms with Gasteiger partial charge in [-0.25, -0.2) is 8.42 Å². The zero-order chi connectivity index (χ0) is 19.4. The van der Waals surface area contributed by atoms with E-state index in [1.807, 2.05) is 35.2 Å². The van der Waals surface area contributed by atoms with Crippen LogP contribution in [0.4, 0.5) is 0 Å². The van der Waals surface area contributed by atoms with Gasteiger partial charge in [-0.2, -0.15) is 0 Å². The Labute approximate surface area is 160 Å². The molecule has 2 atom stereocenters. The molecule has 27 heavy (non-hydrogen) atoms. The quantitative estimate of drug-likeness (QED) is 0.682. The summed E-state index contributed by atoms with van der Waals surface area (Å²) in [6.45, 7) is 4.28. The van der Waals surface area contributed by atoms with Crippen LogP contribution in [-0.4, -0.2) is 68.9 Å². The summed E-state index contributed by atoms with van der Waals surface area (Å²) >= 11 is 0. The normalized spacial score (nSPS) is 23.7. The molecule has 2 aliphatic heterocycles. The summed E-state index contributed by atoms with van der Waals surface area (Å²) < 4.78 is 23.4. The van der Waals surface area contributed by atoms with Gasteiger partial charge in [0.05, 0.1) is 44.4 Å². The van der Waals surface area contributed by atoms with Crippen LogP contribution < -0.4 is 10.2 Å². The van der Waals surface area contributed by atoms with E-state index in [-0.39, 0.29) is 36.1 Å². The molecule has 2 saturated heterocycles. The first-order valence-corrected chi connectivity index (χ1v) is 11.3. The van der Waals surface area contributed by atoms with Crippen LogP contribution in [0.3, 0.4) is 0 Å². The lowest BCUT2D eigenvalue weighted by Gasteiger charge is -2.35. The third-order valence-electron chi connectivity index (χ3n) is 5.53. The molecule has 2 amide bonds. The number of quaternary nitrogens is 1. The van der Waals surface area contributed by atoms with Crippen molar-refractivity contribution in [1.82, 2.24) is 10.2 Å². The zero-order valence-corrected chi connectivity index (χ0v) is 16.5. The van der Waals surface area contributed by atoms with Gasteiger partial charge in [0.25, 0.3) is 0 Å². The molecule has 8 heteroatoms. The maximum absolute atomic E-state index is 12.8. The minimum absolute atomic E-state index is 0.0238. The number of sulfone groups is 1. The van der Waals surface area contributed by atoms with Gasteiger partial charge in [0.15, 0.2) is 9.84 Å². The summed E-state index contributed by atoms with van der Waals surface area (Å²) in [5, 5.41) is 2.87. The summed E-state index contributed by atoms with van der Waals surface area (Å²) in [6.07, 6.45) is 0.959. The number of carbonyl (C=O) groups excluding carboxylic acids is 2. The topological polar surface area (TPSA) is 88.0 Å². The third kappa shape index (κ3) is 5.29. The number of benzene rings is 1. The van der Waals surface area contributed by atoms with E-state index in [1.54, 1.807) is 0 Å². The Balaban J connectivity index is 1.55. The lowest BCUT2D eigenvalue weighted by molar-refractivity contribution is -0.925. The Morgan fingerprint density at radius 1 is 1.22 bits per heavy atom. The Kier molecular flexibility index (Phi) is 6.16. The largest absolute Gasteiger partial charge is 0.349 e. The molecule has 0 bridgehead atoms. The molecule has 0 unspecified atom stereocenters. The van der Waals surface area contributed by atoms with Gasteiger partial charge < -0.3 is 15.1 Å². The van der Waals surface area contributed by atoms with Crippen LogP contribution in [0, 0.1) is 0 Å². The van der Waals surface area contributed by atoms with Gasteiger partial charge in [-0.1, -0.05) is 30.3 Å². The molecule has 2 N–H and O–H groups in total. The molecule has 0 spiro atoms. The van der Waals surface area contributed by atoms with E-state index < -0.39 is 9.84 Å². The van der Waals surface area contributed by atoms with Crippen molar-refractivity contribution >= 4 is 21.7 Å². The van der Waals surface area contributed by atoms with E-state index in [0.717, 1.165) is 25.1 Å². The lowest BCUT2D eigenvalue weighted by Crippen LogP contribution is -3.18. The van der Waals surface area contributed by atoms with Crippen LogP contribution in [0.5, 0.6) is 0 Å². The minimum Gasteiger partial charge on any atom is -0.349 e. The summed E-state index contributed by atoms with van der Waals surface area (Å²) in [5.74, 6) is 0.429. The van der Waals surface area contributed by atoms with E-state index in [1.165, 1.54) is 11.8 Å². The van der Waals surface area contributed by atoms with Crippen LogP contribution in [0.2, 0.25) is 0 Å². The van der Waals surface area contributed by atoms with E-state index in [9.17, 15) is 18.0 Å². The van der Waals surface area contributed by atoms with Crippen molar-refractivity contribution in [2.45, 2.75) is 31.8 Å².